The number of hydrogen-bond donors (Lipinski definition) is 1. The number of rotatable bonds is 12. The third kappa shape index (κ3) is 7.92. The van der Waals surface area contributed by atoms with Gasteiger partial charge in [-0.2, -0.15) is 0 Å². The zero-order valence-corrected chi connectivity index (χ0v) is 25.4. The minimum absolute atomic E-state index is 0.160. The molecule has 42 heavy (non-hydrogen) atoms. The van der Waals surface area contributed by atoms with Gasteiger partial charge in [0.25, 0.3) is 5.56 Å². The number of carbonyl (C=O) groups excluding carboxylic acids is 3. The summed E-state index contributed by atoms with van der Waals surface area (Å²) in [5.74, 6) is -0.750. The Morgan fingerprint density at radius 1 is 1.17 bits per heavy atom. The summed E-state index contributed by atoms with van der Waals surface area (Å²) in [7, 11) is 6.28. The van der Waals surface area contributed by atoms with Crippen LogP contribution in [0.3, 0.4) is 0 Å². The molecule has 0 aromatic carbocycles. The summed E-state index contributed by atoms with van der Waals surface area (Å²) in [4.78, 5) is 60.9. The number of aromatic nitrogens is 3. The van der Waals surface area contributed by atoms with E-state index in [1.54, 1.807) is 38.5 Å². The third-order valence-corrected chi connectivity index (χ3v) is 6.89. The monoisotopic (exact) mass is 581 g/mol. The van der Waals surface area contributed by atoms with Gasteiger partial charge in [-0.15, -0.1) is 0 Å². The van der Waals surface area contributed by atoms with E-state index in [0.717, 1.165) is 11.3 Å². The molecule has 0 aliphatic heterocycles. The topological polar surface area (TPSA) is 118 Å². The molecule has 0 fully saturated rings. The van der Waals surface area contributed by atoms with Gasteiger partial charge in [0.1, 0.15) is 5.82 Å². The minimum Gasteiger partial charge on any atom is -0.438 e. The highest BCUT2D eigenvalue weighted by atomic mass is 19.1. The first kappa shape index (κ1) is 32.2. The fraction of sp³-hybridized carbons (Fsp3) is 0.452. The van der Waals surface area contributed by atoms with Crippen LogP contribution in [-0.4, -0.2) is 76.4 Å². The van der Waals surface area contributed by atoms with Gasteiger partial charge < -0.3 is 24.1 Å². The van der Waals surface area contributed by atoms with Crippen LogP contribution in [0.25, 0.3) is 11.0 Å². The summed E-state index contributed by atoms with van der Waals surface area (Å²) < 4.78 is 21.5. The van der Waals surface area contributed by atoms with Crippen molar-refractivity contribution in [1.82, 2.24) is 24.3 Å². The standard InChI is InChI=1S/C31H40FN5O5/c1-19(2)15-22-23(32)17-33-28-20(3)24(34-29(22)28)18-37-14-10-11-21(30(37)40)16-25(38)26(42-31(41)36(6)7)12-8-9-13-27(39)35(4)5/h9-11,13-14,17,19,26,34H,8,12,15-16,18H2,1-7H3/b13-9+/t26-/m0/s1. The van der Waals surface area contributed by atoms with E-state index in [2.05, 4.69) is 9.97 Å². The summed E-state index contributed by atoms with van der Waals surface area (Å²) in [5, 5.41) is 0. The number of hydrogen-bond acceptors (Lipinski definition) is 6. The number of halogens is 1. The predicted molar refractivity (Wildman–Crippen MR) is 159 cm³/mol. The molecular formula is C31H40FN5O5. The van der Waals surface area contributed by atoms with Crippen LogP contribution in [0.1, 0.15) is 49.1 Å². The highest BCUT2D eigenvalue weighted by Gasteiger charge is 2.25. The number of fused-ring (bicyclic) bond motifs is 1. The van der Waals surface area contributed by atoms with Crippen LogP contribution in [0.15, 0.2) is 41.5 Å². The molecule has 11 heteroatoms. The maximum atomic E-state index is 14.6. The molecule has 1 N–H and O–H groups in total. The van der Waals surface area contributed by atoms with E-state index < -0.39 is 18.0 Å². The largest absolute Gasteiger partial charge is 0.438 e. The summed E-state index contributed by atoms with van der Waals surface area (Å²) >= 11 is 0. The molecule has 0 saturated carbocycles. The number of carbonyl (C=O) groups is 3. The lowest BCUT2D eigenvalue weighted by molar-refractivity contribution is -0.127. The Bertz CT molecular complexity index is 1540. The molecule has 0 spiro atoms. The van der Waals surface area contributed by atoms with Crippen LogP contribution in [0, 0.1) is 18.7 Å². The molecule has 3 aromatic heterocycles. The molecule has 0 saturated heterocycles. The van der Waals surface area contributed by atoms with E-state index in [1.165, 1.54) is 40.7 Å². The number of allylic oxidation sites excluding steroid dienone is 1. The Hall–Kier alpha value is -4.28. The Morgan fingerprint density at radius 3 is 2.52 bits per heavy atom. The average molecular weight is 582 g/mol. The summed E-state index contributed by atoms with van der Waals surface area (Å²) in [6.45, 7) is 6.09. The van der Waals surface area contributed by atoms with Crippen molar-refractivity contribution in [3.63, 3.8) is 0 Å². The van der Waals surface area contributed by atoms with Gasteiger partial charge >= 0.3 is 6.09 Å². The van der Waals surface area contributed by atoms with Gasteiger partial charge in [0.05, 0.1) is 23.8 Å². The first-order valence-electron chi connectivity index (χ1n) is 13.9. The van der Waals surface area contributed by atoms with Crippen molar-refractivity contribution in [2.45, 2.75) is 59.1 Å². The molecule has 0 aliphatic rings. The highest BCUT2D eigenvalue weighted by Crippen LogP contribution is 2.27. The SMILES string of the molecule is Cc1c(Cn2cccc(CC(=O)[C@H](CC/C=C/C(=O)N(C)C)OC(=O)N(C)C)c2=O)[nH]c2c(CC(C)C)c(F)cnc12. The van der Waals surface area contributed by atoms with Crippen LogP contribution in [0.5, 0.6) is 0 Å². The van der Waals surface area contributed by atoms with E-state index in [1.807, 2.05) is 20.8 Å². The van der Waals surface area contributed by atoms with Crippen molar-refractivity contribution in [3.05, 3.63) is 75.2 Å². The molecule has 2 amide bonds. The van der Waals surface area contributed by atoms with E-state index in [9.17, 15) is 23.6 Å². The van der Waals surface area contributed by atoms with E-state index in [0.29, 0.717) is 29.4 Å². The molecule has 226 valence electrons. The number of aromatic amines is 1. The smallest absolute Gasteiger partial charge is 0.409 e. The summed E-state index contributed by atoms with van der Waals surface area (Å²) in [6, 6.07) is 3.26. The fourth-order valence-corrected chi connectivity index (χ4v) is 4.51. The van der Waals surface area contributed by atoms with Crippen LogP contribution in [-0.2, 0) is 33.7 Å². The first-order valence-corrected chi connectivity index (χ1v) is 13.9. The maximum absolute atomic E-state index is 14.6. The normalized spacial score (nSPS) is 12.2. The molecule has 0 radical (unpaired) electrons. The number of nitrogens with zero attached hydrogens (tertiary/aromatic N) is 4. The van der Waals surface area contributed by atoms with Gasteiger partial charge in [-0.1, -0.05) is 26.0 Å². The minimum atomic E-state index is -1.09. The lowest BCUT2D eigenvalue weighted by Crippen LogP contribution is -2.35. The average Bonchev–Trinajstić information content (AvgIpc) is 3.24. The van der Waals surface area contributed by atoms with Crippen molar-refractivity contribution in [2.24, 2.45) is 5.92 Å². The number of nitrogens with one attached hydrogen (secondary N) is 1. The maximum Gasteiger partial charge on any atom is 0.409 e. The summed E-state index contributed by atoms with van der Waals surface area (Å²) in [5.41, 5.74) is 3.28. The molecule has 0 unspecified atom stereocenters. The summed E-state index contributed by atoms with van der Waals surface area (Å²) in [6.07, 6.45) is 4.90. The van der Waals surface area contributed by atoms with Gasteiger partial charge in [-0.05, 0) is 49.8 Å². The number of Topliss-reactive ketones (excluding diaryl/α,β-unsaturated/α-hetero) is 1. The molecule has 3 aromatic rings. The number of pyridine rings is 2. The predicted octanol–water partition coefficient (Wildman–Crippen LogP) is 4.02. The quantitative estimate of drug-likeness (QED) is 0.323. The van der Waals surface area contributed by atoms with Crippen molar-refractivity contribution in [1.29, 1.82) is 0 Å². The van der Waals surface area contributed by atoms with Crippen LogP contribution in [0.2, 0.25) is 0 Å². The number of H-pyrrole nitrogens is 1. The Kier molecular flexibility index (Phi) is 10.8. The lowest BCUT2D eigenvalue weighted by Gasteiger charge is -2.19. The Balaban J connectivity index is 1.83. The molecule has 1 atom stereocenters. The van der Waals surface area contributed by atoms with Crippen LogP contribution >= 0.6 is 0 Å². The molecule has 0 bridgehead atoms. The second-order valence-corrected chi connectivity index (χ2v) is 11.2. The van der Waals surface area contributed by atoms with Crippen LogP contribution < -0.4 is 5.56 Å². The zero-order valence-electron chi connectivity index (χ0n) is 25.4. The van der Waals surface area contributed by atoms with Crippen LogP contribution in [0.4, 0.5) is 9.18 Å². The van der Waals surface area contributed by atoms with E-state index in [-0.39, 0.29) is 48.2 Å². The second kappa shape index (κ2) is 14.1. The number of aryl methyl sites for hydroxylation is 1. The van der Waals surface area contributed by atoms with Gasteiger partial charge in [-0.25, -0.2) is 9.18 Å². The first-order chi connectivity index (χ1) is 19.8. The van der Waals surface area contributed by atoms with Crippen molar-refractivity contribution in [2.75, 3.05) is 28.2 Å². The van der Waals surface area contributed by atoms with Crippen molar-refractivity contribution >= 4 is 28.8 Å². The number of ketones is 1. The van der Waals surface area contributed by atoms with Gasteiger partial charge in [0, 0.05) is 57.6 Å². The number of ether oxygens (including phenoxy) is 1. The Labute approximate surface area is 245 Å². The highest BCUT2D eigenvalue weighted by molar-refractivity contribution is 5.88. The Morgan fingerprint density at radius 2 is 1.88 bits per heavy atom. The number of amides is 2. The van der Waals surface area contributed by atoms with Gasteiger partial charge in [0.15, 0.2) is 11.9 Å². The molecule has 3 rings (SSSR count). The van der Waals surface area contributed by atoms with Gasteiger partial charge in [-0.3, -0.25) is 19.4 Å². The van der Waals surface area contributed by atoms with E-state index >= 15 is 0 Å². The van der Waals surface area contributed by atoms with Gasteiger partial charge in [0.2, 0.25) is 5.91 Å². The van der Waals surface area contributed by atoms with Crippen molar-refractivity contribution in [3.8, 4) is 0 Å². The zero-order chi connectivity index (χ0) is 31.1. The molecule has 10 nitrogen and oxygen atoms in total. The molecule has 0 aliphatic carbocycles. The van der Waals surface area contributed by atoms with E-state index in [4.69, 9.17) is 4.74 Å². The lowest BCUT2D eigenvalue weighted by atomic mass is 10.0. The molecular weight excluding hydrogens is 541 g/mol. The second-order valence-electron chi connectivity index (χ2n) is 11.2. The van der Waals surface area contributed by atoms with Crippen molar-refractivity contribution < 1.29 is 23.5 Å². The fourth-order valence-electron chi connectivity index (χ4n) is 4.51. The third-order valence-electron chi connectivity index (χ3n) is 6.89. The molecule has 3 heterocycles. The number of likely N-dealkylation sites (N-methyl/N-ethyl adjacent to an activating group) is 1.